The molecular weight excluding hydrogens is 410 g/mol. The van der Waals surface area contributed by atoms with Crippen LogP contribution in [0, 0.1) is 0 Å². The van der Waals surface area contributed by atoms with Crippen molar-refractivity contribution in [3.63, 3.8) is 0 Å². The number of nitrogens with two attached hydrogens (primary N) is 1. The fourth-order valence-electron chi connectivity index (χ4n) is 2.71. The third-order valence-electron chi connectivity index (χ3n) is 4.15. The van der Waals surface area contributed by atoms with Crippen molar-refractivity contribution < 1.29 is 9.53 Å². The van der Waals surface area contributed by atoms with Gasteiger partial charge in [-0.15, -0.1) is 10.2 Å². The lowest BCUT2D eigenvalue weighted by Crippen LogP contribution is -2.28. The number of nitrogen functional groups attached to an aromatic ring is 1. The van der Waals surface area contributed by atoms with Crippen molar-refractivity contribution in [1.82, 2.24) is 20.2 Å². The number of thioether (sulfide) groups is 1. The number of nitrogens with zero attached hydrogens (tertiary/aromatic N) is 3. The lowest BCUT2D eigenvalue weighted by Gasteiger charge is -2.14. The zero-order chi connectivity index (χ0) is 20.8. The van der Waals surface area contributed by atoms with Crippen molar-refractivity contribution in [2.75, 3.05) is 18.2 Å². The molecule has 2 aromatic carbocycles. The maximum atomic E-state index is 12.3. The topological polar surface area (TPSA) is 95.1 Å². The summed E-state index contributed by atoms with van der Waals surface area (Å²) < 4.78 is 6.82. The Morgan fingerprint density at radius 1 is 1.28 bits per heavy atom. The summed E-state index contributed by atoms with van der Waals surface area (Å²) in [5.41, 5.74) is 1.75. The van der Waals surface area contributed by atoms with Crippen LogP contribution in [0.1, 0.15) is 25.5 Å². The first-order valence-corrected chi connectivity index (χ1v) is 10.5. The van der Waals surface area contributed by atoms with E-state index in [-0.39, 0.29) is 17.7 Å². The van der Waals surface area contributed by atoms with Crippen LogP contribution in [0.15, 0.2) is 53.7 Å². The number of rotatable bonds is 8. The highest BCUT2D eigenvalue weighted by Crippen LogP contribution is 2.24. The predicted octanol–water partition coefficient (Wildman–Crippen LogP) is 3.68. The molecule has 0 bridgehead atoms. The zero-order valence-electron chi connectivity index (χ0n) is 16.1. The van der Waals surface area contributed by atoms with Gasteiger partial charge in [-0.05, 0) is 55.8 Å². The molecule has 152 valence electrons. The standard InChI is InChI=1S/C20H22ClN5O2S/c1-3-28-17-9-7-14(8-10-17)19-24-25-20(26(19)22)29-12-18(27)23-13(2)15-5-4-6-16(21)11-15/h4-11,13H,3,12,22H2,1-2H3,(H,23,27)/t13-/m1/s1. The molecule has 0 aliphatic rings. The van der Waals surface area contributed by atoms with E-state index in [9.17, 15) is 4.79 Å². The molecule has 0 spiro atoms. The van der Waals surface area contributed by atoms with Crippen molar-refractivity contribution in [1.29, 1.82) is 0 Å². The molecule has 1 amide bonds. The van der Waals surface area contributed by atoms with Gasteiger partial charge in [-0.3, -0.25) is 4.79 Å². The molecule has 1 heterocycles. The van der Waals surface area contributed by atoms with Crippen LogP contribution in [-0.2, 0) is 4.79 Å². The number of amides is 1. The molecule has 7 nitrogen and oxygen atoms in total. The lowest BCUT2D eigenvalue weighted by molar-refractivity contribution is -0.119. The maximum Gasteiger partial charge on any atom is 0.230 e. The highest BCUT2D eigenvalue weighted by Gasteiger charge is 2.15. The second kappa shape index (κ2) is 9.67. The van der Waals surface area contributed by atoms with E-state index >= 15 is 0 Å². The maximum absolute atomic E-state index is 12.3. The largest absolute Gasteiger partial charge is 0.494 e. The highest BCUT2D eigenvalue weighted by atomic mass is 35.5. The van der Waals surface area contributed by atoms with E-state index in [0.717, 1.165) is 16.9 Å². The Bertz CT molecular complexity index is 977. The van der Waals surface area contributed by atoms with Crippen molar-refractivity contribution in [2.45, 2.75) is 25.0 Å². The van der Waals surface area contributed by atoms with E-state index in [0.29, 0.717) is 22.6 Å². The molecule has 9 heteroatoms. The number of hydrogen-bond donors (Lipinski definition) is 2. The van der Waals surface area contributed by atoms with E-state index in [2.05, 4.69) is 15.5 Å². The van der Waals surface area contributed by atoms with E-state index < -0.39 is 0 Å². The van der Waals surface area contributed by atoms with Crippen LogP contribution in [-0.4, -0.2) is 33.1 Å². The van der Waals surface area contributed by atoms with Gasteiger partial charge in [-0.2, -0.15) is 0 Å². The number of hydrogen-bond acceptors (Lipinski definition) is 6. The summed E-state index contributed by atoms with van der Waals surface area (Å²) in [6.45, 7) is 4.44. The van der Waals surface area contributed by atoms with Gasteiger partial charge in [-0.25, -0.2) is 4.68 Å². The Balaban J connectivity index is 1.59. The molecule has 0 aliphatic heterocycles. The first-order chi connectivity index (χ1) is 14.0. The molecule has 0 aliphatic carbocycles. The smallest absolute Gasteiger partial charge is 0.230 e. The molecular formula is C20H22ClN5O2S. The summed E-state index contributed by atoms with van der Waals surface area (Å²) in [5.74, 6) is 7.45. The summed E-state index contributed by atoms with van der Waals surface area (Å²) in [6.07, 6.45) is 0. The number of nitrogens with one attached hydrogen (secondary N) is 1. The minimum atomic E-state index is -0.156. The Morgan fingerprint density at radius 3 is 2.72 bits per heavy atom. The van der Waals surface area contributed by atoms with Crippen LogP contribution in [0.4, 0.5) is 0 Å². The summed E-state index contributed by atoms with van der Waals surface area (Å²) >= 11 is 7.23. The number of benzene rings is 2. The average Bonchev–Trinajstić information content (AvgIpc) is 3.07. The third kappa shape index (κ3) is 5.42. The van der Waals surface area contributed by atoms with E-state index in [1.165, 1.54) is 16.4 Å². The van der Waals surface area contributed by atoms with Crippen molar-refractivity contribution in [3.05, 3.63) is 59.1 Å². The Labute approximate surface area is 178 Å². The van der Waals surface area contributed by atoms with Crippen molar-refractivity contribution >= 4 is 29.3 Å². The van der Waals surface area contributed by atoms with Gasteiger partial charge in [-0.1, -0.05) is 35.5 Å². The van der Waals surface area contributed by atoms with Crippen molar-refractivity contribution in [3.8, 4) is 17.1 Å². The molecule has 3 N–H and O–H groups in total. The number of carbonyl (C=O) groups is 1. The van der Waals surface area contributed by atoms with Crippen LogP contribution in [0.3, 0.4) is 0 Å². The molecule has 3 rings (SSSR count). The quantitative estimate of drug-likeness (QED) is 0.417. The molecule has 1 aromatic heterocycles. The van der Waals surface area contributed by atoms with Crippen LogP contribution >= 0.6 is 23.4 Å². The monoisotopic (exact) mass is 431 g/mol. The van der Waals surface area contributed by atoms with Gasteiger partial charge in [0.25, 0.3) is 0 Å². The molecule has 1 atom stereocenters. The zero-order valence-corrected chi connectivity index (χ0v) is 17.7. The Kier molecular flexibility index (Phi) is 7.00. The second-order valence-electron chi connectivity index (χ2n) is 6.27. The van der Waals surface area contributed by atoms with E-state index in [1.54, 1.807) is 6.07 Å². The number of ether oxygens (including phenoxy) is 1. The second-order valence-corrected chi connectivity index (χ2v) is 7.65. The lowest BCUT2D eigenvalue weighted by atomic mass is 10.1. The molecule has 0 saturated carbocycles. The SMILES string of the molecule is CCOc1ccc(-c2nnc(SCC(=O)N[C@H](C)c3cccc(Cl)c3)n2N)cc1. The number of halogens is 1. The molecule has 0 unspecified atom stereocenters. The minimum Gasteiger partial charge on any atom is -0.494 e. The number of carbonyl (C=O) groups excluding carboxylic acids is 1. The average molecular weight is 432 g/mol. The summed E-state index contributed by atoms with van der Waals surface area (Å²) in [7, 11) is 0. The first kappa shape index (κ1) is 21.0. The van der Waals surface area contributed by atoms with Gasteiger partial charge in [0.2, 0.25) is 11.1 Å². The van der Waals surface area contributed by atoms with E-state index in [1.807, 2.05) is 56.3 Å². The molecule has 29 heavy (non-hydrogen) atoms. The summed E-state index contributed by atoms with van der Waals surface area (Å²) in [5, 5.41) is 12.3. The van der Waals surface area contributed by atoms with Gasteiger partial charge >= 0.3 is 0 Å². The van der Waals surface area contributed by atoms with E-state index in [4.69, 9.17) is 22.2 Å². The third-order valence-corrected chi connectivity index (χ3v) is 5.32. The van der Waals surface area contributed by atoms with Crippen LogP contribution < -0.4 is 15.9 Å². The molecule has 0 radical (unpaired) electrons. The van der Waals surface area contributed by atoms with Gasteiger partial charge in [0.1, 0.15) is 5.75 Å². The van der Waals surface area contributed by atoms with Gasteiger partial charge in [0, 0.05) is 10.6 Å². The minimum absolute atomic E-state index is 0.131. The fraction of sp³-hybridized carbons (Fsp3) is 0.250. The van der Waals surface area contributed by atoms with Crippen LogP contribution in [0.2, 0.25) is 5.02 Å². The number of aromatic nitrogens is 3. The summed E-state index contributed by atoms with van der Waals surface area (Å²) in [6, 6.07) is 14.7. The predicted molar refractivity (Wildman–Crippen MR) is 116 cm³/mol. The highest BCUT2D eigenvalue weighted by molar-refractivity contribution is 7.99. The molecule has 3 aromatic rings. The van der Waals surface area contributed by atoms with Crippen LogP contribution in [0.5, 0.6) is 5.75 Å². The summed E-state index contributed by atoms with van der Waals surface area (Å²) in [4.78, 5) is 12.3. The van der Waals surface area contributed by atoms with Crippen LogP contribution in [0.25, 0.3) is 11.4 Å². The Hall–Kier alpha value is -2.71. The van der Waals surface area contributed by atoms with Gasteiger partial charge in [0.15, 0.2) is 5.82 Å². The normalized spacial score (nSPS) is 11.8. The molecule has 0 saturated heterocycles. The molecule has 0 fully saturated rings. The van der Waals surface area contributed by atoms with Gasteiger partial charge < -0.3 is 15.9 Å². The van der Waals surface area contributed by atoms with Crippen molar-refractivity contribution in [2.24, 2.45) is 0 Å². The Morgan fingerprint density at radius 2 is 2.03 bits per heavy atom. The van der Waals surface area contributed by atoms with Gasteiger partial charge in [0.05, 0.1) is 18.4 Å². The first-order valence-electron chi connectivity index (χ1n) is 9.09. The fourth-order valence-corrected chi connectivity index (χ4v) is 3.58.